The quantitative estimate of drug-likeness (QED) is 0.747. The molecular formula is C18H28N2O4. The van der Waals surface area contributed by atoms with Gasteiger partial charge in [0.2, 0.25) is 5.91 Å². The second-order valence-corrected chi connectivity index (χ2v) is 6.68. The average Bonchev–Trinajstić information content (AvgIpc) is 3.01. The van der Waals surface area contributed by atoms with Crippen molar-refractivity contribution in [3.8, 4) is 0 Å². The second-order valence-electron chi connectivity index (χ2n) is 6.68. The van der Waals surface area contributed by atoms with E-state index in [0.717, 1.165) is 0 Å². The van der Waals surface area contributed by atoms with E-state index < -0.39 is 17.2 Å². The lowest BCUT2D eigenvalue weighted by Gasteiger charge is -2.33. The van der Waals surface area contributed by atoms with Gasteiger partial charge in [-0.25, -0.2) is 4.79 Å². The van der Waals surface area contributed by atoms with Crippen LogP contribution in [-0.4, -0.2) is 29.7 Å². The Kier molecular flexibility index (Phi) is 7.07. The second kappa shape index (κ2) is 8.57. The van der Waals surface area contributed by atoms with Crippen LogP contribution in [0.25, 0.3) is 6.08 Å². The van der Waals surface area contributed by atoms with Gasteiger partial charge in [0.25, 0.3) is 0 Å². The summed E-state index contributed by atoms with van der Waals surface area (Å²) in [7, 11) is 0. The van der Waals surface area contributed by atoms with Crippen LogP contribution in [0.1, 0.15) is 53.2 Å². The number of nitrogens with one attached hydrogen (secondary N) is 2. The van der Waals surface area contributed by atoms with E-state index in [1.165, 1.54) is 6.08 Å². The van der Waals surface area contributed by atoms with Crippen molar-refractivity contribution < 1.29 is 18.7 Å². The lowest BCUT2D eigenvalue weighted by molar-refractivity contribution is -0.118. The van der Waals surface area contributed by atoms with Crippen molar-refractivity contribution in [1.82, 2.24) is 10.6 Å². The molecule has 0 aliphatic carbocycles. The molecule has 134 valence electrons. The summed E-state index contributed by atoms with van der Waals surface area (Å²) < 4.78 is 10.4. The molecule has 24 heavy (non-hydrogen) atoms. The summed E-state index contributed by atoms with van der Waals surface area (Å²) in [5, 5.41) is 5.71. The Balaban J connectivity index is 2.63. The van der Waals surface area contributed by atoms with Gasteiger partial charge in [0, 0.05) is 12.6 Å². The Bertz CT molecular complexity index is 552. The fourth-order valence-electron chi connectivity index (χ4n) is 2.12. The summed E-state index contributed by atoms with van der Waals surface area (Å²) in [4.78, 5) is 24.0. The number of hydrogen-bond acceptors (Lipinski definition) is 4. The van der Waals surface area contributed by atoms with Gasteiger partial charge in [-0.3, -0.25) is 4.79 Å². The third-order valence-corrected chi connectivity index (χ3v) is 3.65. The van der Waals surface area contributed by atoms with Crippen molar-refractivity contribution in [3.05, 3.63) is 30.2 Å². The molecule has 0 radical (unpaired) electrons. The first kappa shape index (κ1) is 19.8. The molecule has 2 N–H and O–H groups in total. The third kappa shape index (κ3) is 6.89. The number of carbonyl (C=O) groups is 2. The summed E-state index contributed by atoms with van der Waals surface area (Å²) in [5.74, 6) is 0.372. The van der Waals surface area contributed by atoms with E-state index >= 15 is 0 Å². The van der Waals surface area contributed by atoms with E-state index in [9.17, 15) is 9.59 Å². The van der Waals surface area contributed by atoms with E-state index in [2.05, 4.69) is 10.6 Å². The maximum atomic E-state index is 12.2. The zero-order valence-electron chi connectivity index (χ0n) is 15.1. The molecule has 0 aromatic carbocycles. The van der Waals surface area contributed by atoms with Crippen molar-refractivity contribution in [2.24, 2.45) is 0 Å². The van der Waals surface area contributed by atoms with Gasteiger partial charge in [0.1, 0.15) is 11.4 Å². The Morgan fingerprint density at radius 3 is 2.42 bits per heavy atom. The molecule has 0 atom stereocenters. The Hall–Kier alpha value is -2.24. The number of amides is 2. The van der Waals surface area contributed by atoms with Crippen LogP contribution in [0, 0.1) is 0 Å². The zero-order chi connectivity index (χ0) is 18.2. The summed E-state index contributed by atoms with van der Waals surface area (Å²) in [6.07, 6.45) is 5.44. The minimum atomic E-state index is -0.555. The van der Waals surface area contributed by atoms with Gasteiger partial charge in [-0.05, 0) is 51.8 Å². The minimum absolute atomic E-state index is 0.235. The summed E-state index contributed by atoms with van der Waals surface area (Å²) in [6, 6.07) is 3.52. The molecule has 6 nitrogen and oxygen atoms in total. The molecule has 0 fully saturated rings. The van der Waals surface area contributed by atoms with Crippen molar-refractivity contribution in [2.75, 3.05) is 6.54 Å². The van der Waals surface area contributed by atoms with Crippen molar-refractivity contribution in [1.29, 1.82) is 0 Å². The fraction of sp³-hybridized carbons (Fsp3) is 0.556. The van der Waals surface area contributed by atoms with Crippen LogP contribution in [-0.2, 0) is 9.53 Å². The molecule has 0 saturated carbocycles. The molecule has 0 aliphatic heterocycles. The first-order valence-corrected chi connectivity index (χ1v) is 8.20. The molecule has 1 aromatic heterocycles. The summed E-state index contributed by atoms with van der Waals surface area (Å²) in [5.41, 5.74) is -1.08. The van der Waals surface area contributed by atoms with Crippen LogP contribution in [0.5, 0.6) is 0 Å². The third-order valence-electron chi connectivity index (χ3n) is 3.65. The van der Waals surface area contributed by atoms with Crippen LogP contribution in [0.15, 0.2) is 28.9 Å². The van der Waals surface area contributed by atoms with E-state index in [1.54, 1.807) is 45.2 Å². The van der Waals surface area contributed by atoms with Crippen LogP contribution in [0.4, 0.5) is 4.79 Å². The standard InChI is InChI=1S/C18H28N2O4/c1-6-18(7-2,13-19-16(22)24-17(3,4)5)20-15(21)11-10-14-9-8-12-23-14/h8-12H,6-7,13H2,1-5H3,(H,19,22)(H,20,21). The molecule has 0 saturated heterocycles. The normalized spacial score (nSPS) is 12.2. The molecular weight excluding hydrogens is 308 g/mol. The topological polar surface area (TPSA) is 80.6 Å². The largest absolute Gasteiger partial charge is 0.465 e. The maximum Gasteiger partial charge on any atom is 0.407 e. The number of alkyl carbamates (subject to hydrolysis) is 1. The fourth-order valence-corrected chi connectivity index (χ4v) is 2.12. The van der Waals surface area contributed by atoms with Gasteiger partial charge in [-0.1, -0.05) is 13.8 Å². The number of carbonyl (C=O) groups excluding carboxylic acids is 2. The van der Waals surface area contributed by atoms with Gasteiger partial charge in [0.15, 0.2) is 0 Å². The molecule has 1 heterocycles. The number of hydrogen-bond donors (Lipinski definition) is 2. The highest BCUT2D eigenvalue weighted by Crippen LogP contribution is 2.15. The molecule has 1 aromatic rings. The lowest BCUT2D eigenvalue weighted by atomic mass is 9.92. The van der Waals surface area contributed by atoms with Crippen LogP contribution < -0.4 is 10.6 Å². The van der Waals surface area contributed by atoms with Crippen LogP contribution >= 0.6 is 0 Å². The van der Waals surface area contributed by atoms with Gasteiger partial charge >= 0.3 is 6.09 Å². The van der Waals surface area contributed by atoms with Crippen molar-refractivity contribution >= 4 is 18.1 Å². The summed E-state index contributed by atoms with van der Waals surface area (Å²) in [6.45, 7) is 9.66. The molecule has 0 aliphatic rings. The average molecular weight is 336 g/mol. The van der Waals surface area contributed by atoms with Crippen molar-refractivity contribution in [2.45, 2.75) is 58.6 Å². The highest BCUT2D eigenvalue weighted by Gasteiger charge is 2.29. The van der Waals surface area contributed by atoms with Gasteiger partial charge in [-0.15, -0.1) is 0 Å². The first-order chi connectivity index (χ1) is 11.2. The monoisotopic (exact) mass is 336 g/mol. The molecule has 1 rings (SSSR count). The van der Waals surface area contributed by atoms with Crippen LogP contribution in [0.3, 0.4) is 0 Å². The van der Waals surface area contributed by atoms with Gasteiger partial charge in [0.05, 0.1) is 11.8 Å². The first-order valence-electron chi connectivity index (χ1n) is 8.20. The summed E-state index contributed by atoms with van der Waals surface area (Å²) >= 11 is 0. The highest BCUT2D eigenvalue weighted by atomic mass is 16.6. The van der Waals surface area contributed by atoms with E-state index in [4.69, 9.17) is 9.15 Å². The predicted octanol–water partition coefficient (Wildman–Crippen LogP) is 3.49. The van der Waals surface area contributed by atoms with E-state index in [1.807, 2.05) is 13.8 Å². The van der Waals surface area contributed by atoms with Crippen molar-refractivity contribution in [3.63, 3.8) is 0 Å². The number of furan rings is 1. The minimum Gasteiger partial charge on any atom is -0.465 e. The van der Waals surface area contributed by atoms with Gasteiger partial charge < -0.3 is 19.8 Å². The molecule has 0 spiro atoms. The number of ether oxygens (including phenoxy) is 1. The Morgan fingerprint density at radius 2 is 1.92 bits per heavy atom. The maximum absolute atomic E-state index is 12.2. The highest BCUT2D eigenvalue weighted by molar-refractivity contribution is 5.92. The molecule has 0 unspecified atom stereocenters. The molecule has 2 amide bonds. The Morgan fingerprint density at radius 1 is 1.25 bits per heavy atom. The molecule has 0 bridgehead atoms. The number of rotatable bonds is 7. The lowest BCUT2D eigenvalue weighted by Crippen LogP contribution is -2.55. The SMILES string of the molecule is CCC(CC)(CNC(=O)OC(C)(C)C)NC(=O)C=Cc1ccco1. The smallest absolute Gasteiger partial charge is 0.407 e. The van der Waals surface area contributed by atoms with E-state index in [0.29, 0.717) is 25.1 Å². The van der Waals surface area contributed by atoms with E-state index in [-0.39, 0.29) is 5.91 Å². The van der Waals surface area contributed by atoms with Gasteiger partial charge in [-0.2, -0.15) is 0 Å². The zero-order valence-corrected chi connectivity index (χ0v) is 15.1. The van der Waals surface area contributed by atoms with Crippen LogP contribution in [0.2, 0.25) is 0 Å². The molecule has 6 heteroatoms. The predicted molar refractivity (Wildman–Crippen MR) is 93.4 cm³/mol. The Labute approximate surface area is 143 Å².